The van der Waals surface area contributed by atoms with Crippen molar-refractivity contribution < 1.29 is 19.5 Å². The van der Waals surface area contributed by atoms with E-state index in [4.69, 9.17) is 5.11 Å². The lowest BCUT2D eigenvalue weighted by atomic mass is 9.93. The maximum atomic E-state index is 12.7. The summed E-state index contributed by atoms with van der Waals surface area (Å²) in [6, 6.07) is 0.283. The molecule has 146 valence electrons. The number of nitrogens with zero attached hydrogens (tertiary/aromatic N) is 2. The summed E-state index contributed by atoms with van der Waals surface area (Å²) in [5, 5.41) is 14.7. The number of amides is 3. The average molecular weight is 366 g/mol. The third-order valence-electron chi connectivity index (χ3n) is 5.93. The van der Waals surface area contributed by atoms with E-state index in [9.17, 15) is 14.4 Å². The van der Waals surface area contributed by atoms with Crippen LogP contribution < -0.4 is 10.6 Å². The summed E-state index contributed by atoms with van der Waals surface area (Å²) in [6.45, 7) is 4.33. The van der Waals surface area contributed by atoms with Gasteiger partial charge in [-0.2, -0.15) is 0 Å². The monoisotopic (exact) mass is 366 g/mol. The van der Waals surface area contributed by atoms with E-state index in [1.54, 1.807) is 0 Å². The minimum absolute atomic E-state index is 0.0620. The number of hydrogen-bond acceptors (Lipinski definition) is 4. The molecule has 3 rings (SSSR count). The predicted molar refractivity (Wildman–Crippen MR) is 95.7 cm³/mol. The Labute approximate surface area is 154 Å². The Kier molecular flexibility index (Phi) is 6.34. The molecule has 3 fully saturated rings. The molecule has 8 nitrogen and oxygen atoms in total. The molecule has 2 atom stereocenters. The van der Waals surface area contributed by atoms with Gasteiger partial charge < -0.3 is 25.5 Å². The van der Waals surface area contributed by atoms with Gasteiger partial charge in [-0.25, -0.2) is 4.79 Å². The van der Waals surface area contributed by atoms with Gasteiger partial charge in [0.1, 0.15) is 0 Å². The van der Waals surface area contributed by atoms with Crippen molar-refractivity contribution in [3.8, 4) is 0 Å². The molecule has 0 aromatic rings. The van der Waals surface area contributed by atoms with E-state index in [0.717, 1.165) is 45.4 Å². The van der Waals surface area contributed by atoms with Gasteiger partial charge in [-0.1, -0.05) is 0 Å². The summed E-state index contributed by atoms with van der Waals surface area (Å²) < 4.78 is 0. The fourth-order valence-corrected chi connectivity index (χ4v) is 4.31. The number of carbonyl (C=O) groups excluding carboxylic acids is 2. The van der Waals surface area contributed by atoms with Crippen molar-refractivity contribution in [2.45, 2.75) is 44.6 Å². The lowest BCUT2D eigenvalue weighted by molar-refractivity contribution is -0.137. The van der Waals surface area contributed by atoms with Crippen LogP contribution in [0.25, 0.3) is 0 Å². The molecule has 3 amide bonds. The van der Waals surface area contributed by atoms with Crippen molar-refractivity contribution in [1.29, 1.82) is 0 Å². The second-order valence-electron chi connectivity index (χ2n) is 7.73. The molecule has 0 spiro atoms. The number of piperidine rings is 2. The van der Waals surface area contributed by atoms with Crippen molar-refractivity contribution >= 4 is 17.9 Å². The highest BCUT2D eigenvalue weighted by atomic mass is 16.4. The molecule has 8 heteroatoms. The van der Waals surface area contributed by atoms with Gasteiger partial charge in [-0.15, -0.1) is 0 Å². The molecule has 0 aliphatic carbocycles. The zero-order valence-corrected chi connectivity index (χ0v) is 15.3. The van der Waals surface area contributed by atoms with Gasteiger partial charge in [0.2, 0.25) is 5.91 Å². The fraction of sp³-hybridized carbons (Fsp3) is 0.833. The van der Waals surface area contributed by atoms with E-state index in [1.165, 1.54) is 12.8 Å². The third kappa shape index (κ3) is 4.66. The first-order valence-electron chi connectivity index (χ1n) is 9.80. The molecular formula is C18H30N4O4. The lowest BCUT2D eigenvalue weighted by Crippen LogP contribution is -2.47. The number of carbonyl (C=O) groups is 3. The summed E-state index contributed by atoms with van der Waals surface area (Å²) in [6.07, 6.45) is 4.96. The fourth-order valence-electron chi connectivity index (χ4n) is 4.31. The SMILES string of the molecule is O=C(O)CCNC(=O)C1CC[C@@H]2CN(CCC3CCNCC3)C(=O)N2C1. The van der Waals surface area contributed by atoms with Gasteiger partial charge in [0.15, 0.2) is 0 Å². The molecule has 0 bridgehead atoms. The third-order valence-corrected chi connectivity index (χ3v) is 5.93. The minimum Gasteiger partial charge on any atom is -0.481 e. The molecule has 3 aliphatic rings. The molecular weight excluding hydrogens is 336 g/mol. The van der Waals surface area contributed by atoms with Crippen LogP contribution in [0.3, 0.4) is 0 Å². The first-order chi connectivity index (χ1) is 12.5. The number of rotatable bonds is 7. The Morgan fingerprint density at radius 1 is 1.15 bits per heavy atom. The maximum absolute atomic E-state index is 12.7. The Balaban J connectivity index is 1.45. The largest absolute Gasteiger partial charge is 0.481 e. The topological polar surface area (TPSA) is 102 Å². The number of carboxylic acid groups (broad SMARTS) is 1. The highest BCUT2D eigenvalue weighted by molar-refractivity contribution is 5.82. The van der Waals surface area contributed by atoms with Gasteiger partial charge in [-0.3, -0.25) is 9.59 Å². The second kappa shape index (κ2) is 8.70. The van der Waals surface area contributed by atoms with E-state index >= 15 is 0 Å². The molecule has 3 aliphatic heterocycles. The predicted octanol–water partition coefficient (Wildman–Crippen LogP) is 0.483. The minimum atomic E-state index is -0.923. The highest BCUT2D eigenvalue weighted by Crippen LogP contribution is 2.29. The van der Waals surface area contributed by atoms with Crippen LogP contribution in [0.5, 0.6) is 0 Å². The van der Waals surface area contributed by atoms with E-state index in [2.05, 4.69) is 10.6 Å². The summed E-state index contributed by atoms with van der Waals surface area (Å²) in [5.74, 6) is -0.582. The first-order valence-corrected chi connectivity index (χ1v) is 9.80. The van der Waals surface area contributed by atoms with Crippen LogP contribution in [0, 0.1) is 11.8 Å². The van der Waals surface area contributed by atoms with E-state index in [0.29, 0.717) is 12.5 Å². The molecule has 0 radical (unpaired) electrons. The van der Waals surface area contributed by atoms with Crippen molar-refractivity contribution in [2.75, 3.05) is 39.3 Å². The summed E-state index contributed by atoms with van der Waals surface area (Å²) >= 11 is 0. The smallest absolute Gasteiger partial charge is 0.320 e. The van der Waals surface area contributed by atoms with Crippen LogP contribution in [0.1, 0.15) is 38.5 Å². The van der Waals surface area contributed by atoms with Crippen LogP contribution in [-0.2, 0) is 9.59 Å². The van der Waals surface area contributed by atoms with Crippen molar-refractivity contribution in [3.05, 3.63) is 0 Å². The Morgan fingerprint density at radius 2 is 1.92 bits per heavy atom. The highest BCUT2D eigenvalue weighted by Gasteiger charge is 2.42. The van der Waals surface area contributed by atoms with Crippen molar-refractivity contribution in [2.24, 2.45) is 11.8 Å². The molecule has 3 N–H and O–H groups in total. The first kappa shape index (κ1) is 18.9. The molecule has 1 unspecified atom stereocenters. The summed E-state index contributed by atoms with van der Waals surface area (Å²) in [7, 11) is 0. The number of hydrogen-bond donors (Lipinski definition) is 3. The normalized spacial score (nSPS) is 26.7. The quantitative estimate of drug-likeness (QED) is 0.608. The van der Waals surface area contributed by atoms with Crippen LogP contribution in [0.4, 0.5) is 4.79 Å². The molecule has 0 aromatic heterocycles. The molecule has 0 saturated carbocycles. The summed E-state index contributed by atoms with van der Waals surface area (Å²) in [4.78, 5) is 39.3. The van der Waals surface area contributed by atoms with Crippen molar-refractivity contribution in [1.82, 2.24) is 20.4 Å². The zero-order valence-electron chi connectivity index (χ0n) is 15.3. The van der Waals surface area contributed by atoms with Gasteiger partial charge in [0.25, 0.3) is 0 Å². The van der Waals surface area contributed by atoms with Gasteiger partial charge in [0.05, 0.1) is 18.4 Å². The van der Waals surface area contributed by atoms with E-state index in [1.807, 2.05) is 9.80 Å². The molecule has 0 aromatic carbocycles. The molecule has 26 heavy (non-hydrogen) atoms. The van der Waals surface area contributed by atoms with Gasteiger partial charge in [-0.05, 0) is 51.1 Å². The van der Waals surface area contributed by atoms with E-state index < -0.39 is 5.97 Å². The van der Waals surface area contributed by atoms with Gasteiger partial charge >= 0.3 is 12.0 Å². The standard InChI is InChI=1S/C18H30N4O4/c23-16(24)5-9-20-17(25)14-1-2-15-12-21(18(26)22(15)11-14)10-6-13-3-7-19-8-4-13/h13-15,19H,1-12H2,(H,20,25)(H,23,24)/t14?,15-/m1/s1. The molecule has 3 saturated heterocycles. The number of carboxylic acids is 1. The Morgan fingerprint density at radius 3 is 2.65 bits per heavy atom. The van der Waals surface area contributed by atoms with Crippen LogP contribution in [-0.4, -0.2) is 78.1 Å². The van der Waals surface area contributed by atoms with Gasteiger partial charge in [0, 0.05) is 26.2 Å². The number of urea groups is 1. The molecule has 3 heterocycles. The lowest BCUT2D eigenvalue weighted by Gasteiger charge is -2.33. The van der Waals surface area contributed by atoms with Crippen LogP contribution in [0.2, 0.25) is 0 Å². The van der Waals surface area contributed by atoms with E-state index in [-0.39, 0.29) is 36.9 Å². The maximum Gasteiger partial charge on any atom is 0.320 e. The second-order valence-corrected chi connectivity index (χ2v) is 7.73. The number of nitrogens with one attached hydrogen (secondary N) is 2. The summed E-state index contributed by atoms with van der Waals surface area (Å²) in [5.41, 5.74) is 0. The Hall–Kier alpha value is -1.83. The average Bonchev–Trinajstić information content (AvgIpc) is 2.96. The number of fused-ring (bicyclic) bond motifs is 1. The van der Waals surface area contributed by atoms with Crippen molar-refractivity contribution in [3.63, 3.8) is 0 Å². The number of aliphatic carboxylic acids is 1. The van der Waals surface area contributed by atoms with Crippen LogP contribution >= 0.6 is 0 Å². The van der Waals surface area contributed by atoms with Crippen LogP contribution in [0.15, 0.2) is 0 Å². The zero-order chi connectivity index (χ0) is 18.5. The Bertz CT molecular complexity index is 535.